The molecule has 2 fully saturated rings. The second-order valence-electron chi connectivity index (χ2n) is 6.70. The van der Waals surface area contributed by atoms with Crippen molar-refractivity contribution in [1.29, 1.82) is 0 Å². The topological polar surface area (TPSA) is 48.0 Å². The Hall–Kier alpha value is -2.40. The van der Waals surface area contributed by atoms with Crippen molar-refractivity contribution >= 4 is 16.7 Å². The summed E-state index contributed by atoms with van der Waals surface area (Å²) in [6.07, 6.45) is 2.01. The van der Waals surface area contributed by atoms with Crippen LogP contribution in [0.2, 0.25) is 0 Å². The molecule has 5 heteroatoms. The Morgan fingerprint density at radius 2 is 1.96 bits per heavy atom. The highest BCUT2D eigenvalue weighted by molar-refractivity contribution is 5.94. The summed E-state index contributed by atoms with van der Waals surface area (Å²) < 4.78 is 0. The van der Waals surface area contributed by atoms with Crippen LogP contribution >= 0.6 is 0 Å². The van der Waals surface area contributed by atoms with Crippen molar-refractivity contribution in [2.75, 3.05) is 31.6 Å². The average Bonchev–Trinajstić information content (AvgIpc) is 3.16. The lowest BCUT2D eigenvalue weighted by atomic mass is 9.93. The van der Waals surface area contributed by atoms with Gasteiger partial charge in [0.05, 0.1) is 5.69 Å². The number of aromatic amines is 1. The summed E-state index contributed by atoms with van der Waals surface area (Å²) in [6.45, 7) is 3.39. The molecular weight excluding hydrogens is 286 g/mol. The molecule has 3 aromatic rings. The average molecular weight is 305 g/mol. The Labute approximate surface area is 134 Å². The van der Waals surface area contributed by atoms with Crippen LogP contribution in [0, 0.1) is 5.92 Å². The maximum atomic E-state index is 4.49. The van der Waals surface area contributed by atoms with Gasteiger partial charge in [-0.25, -0.2) is 0 Å². The number of para-hydroxylation sites is 1. The zero-order chi connectivity index (χ0) is 15.4. The Morgan fingerprint density at radius 3 is 2.74 bits per heavy atom. The fraction of sp³-hybridized carbons (Fsp3) is 0.333. The first-order chi connectivity index (χ1) is 11.3. The summed E-state index contributed by atoms with van der Waals surface area (Å²) >= 11 is 0. The van der Waals surface area contributed by atoms with Gasteiger partial charge in [0.2, 0.25) is 0 Å². The van der Waals surface area contributed by atoms with Gasteiger partial charge in [-0.2, -0.15) is 0 Å². The van der Waals surface area contributed by atoms with E-state index in [1.807, 2.05) is 12.3 Å². The largest absolute Gasteiger partial charge is 0.360 e. The van der Waals surface area contributed by atoms with E-state index < -0.39 is 0 Å². The fourth-order valence-corrected chi connectivity index (χ4v) is 4.01. The minimum Gasteiger partial charge on any atom is -0.360 e. The molecule has 5 nitrogen and oxygen atoms in total. The molecule has 2 aliphatic rings. The van der Waals surface area contributed by atoms with Gasteiger partial charge in [0.15, 0.2) is 5.82 Å². The number of fused-ring (bicyclic) bond motifs is 2. The van der Waals surface area contributed by atoms with E-state index in [0.29, 0.717) is 6.04 Å². The molecule has 5 rings (SSSR count). The Morgan fingerprint density at radius 1 is 1.04 bits per heavy atom. The lowest BCUT2D eigenvalue weighted by Gasteiger charge is -2.40. The van der Waals surface area contributed by atoms with Crippen LogP contribution in [-0.4, -0.2) is 52.8 Å². The van der Waals surface area contributed by atoms with Gasteiger partial charge in [-0.1, -0.05) is 18.2 Å². The summed E-state index contributed by atoms with van der Waals surface area (Å²) in [5.74, 6) is 1.80. The third-order valence-electron chi connectivity index (χ3n) is 5.33. The van der Waals surface area contributed by atoms with Crippen molar-refractivity contribution in [3.8, 4) is 11.3 Å². The monoisotopic (exact) mass is 305 g/mol. The number of nitrogens with zero attached hydrogens (tertiary/aromatic N) is 4. The SMILES string of the molecule is CN1C[C@@H]2CN(c3ccc(-c4c[nH]c5ccccc45)nn3)C[C@@H]21. The van der Waals surface area contributed by atoms with Gasteiger partial charge in [0.1, 0.15) is 0 Å². The van der Waals surface area contributed by atoms with Gasteiger partial charge >= 0.3 is 0 Å². The van der Waals surface area contributed by atoms with Crippen LogP contribution in [0.1, 0.15) is 0 Å². The molecule has 2 aliphatic heterocycles. The van der Waals surface area contributed by atoms with E-state index in [-0.39, 0.29) is 0 Å². The van der Waals surface area contributed by atoms with Gasteiger partial charge in [0, 0.05) is 54.3 Å². The number of likely N-dealkylation sites (tertiary alicyclic amines) is 1. The molecule has 0 bridgehead atoms. The Balaban J connectivity index is 1.44. The summed E-state index contributed by atoms with van der Waals surface area (Å²) in [6, 6.07) is 13.2. The van der Waals surface area contributed by atoms with Crippen molar-refractivity contribution < 1.29 is 0 Å². The highest BCUT2D eigenvalue weighted by atomic mass is 15.3. The molecule has 2 aromatic heterocycles. The maximum absolute atomic E-state index is 4.49. The minimum atomic E-state index is 0.699. The fourth-order valence-electron chi connectivity index (χ4n) is 4.01. The molecule has 2 saturated heterocycles. The molecule has 2 atom stereocenters. The molecule has 4 heterocycles. The highest BCUT2D eigenvalue weighted by Gasteiger charge is 2.43. The van der Waals surface area contributed by atoms with E-state index in [1.165, 1.54) is 11.9 Å². The molecule has 1 aromatic carbocycles. The maximum Gasteiger partial charge on any atom is 0.151 e. The first-order valence-corrected chi connectivity index (χ1v) is 8.15. The van der Waals surface area contributed by atoms with Crippen LogP contribution in [0.4, 0.5) is 5.82 Å². The number of aromatic nitrogens is 3. The predicted octanol–water partition coefficient (Wildman–Crippen LogP) is 2.38. The van der Waals surface area contributed by atoms with Crippen molar-refractivity contribution in [3.05, 3.63) is 42.6 Å². The minimum absolute atomic E-state index is 0.699. The summed E-state index contributed by atoms with van der Waals surface area (Å²) in [5.41, 5.74) is 3.17. The van der Waals surface area contributed by atoms with Crippen LogP contribution in [0.25, 0.3) is 22.2 Å². The van der Waals surface area contributed by atoms with Crippen LogP contribution in [0.15, 0.2) is 42.6 Å². The van der Waals surface area contributed by atoms with Gasteiger partial charge in [-0.05, 0) is 25.2 Å². The van der Waals surface area contributed by atoms with Crippen LogP contribution in [0.3, 0.4) is 0 Å². The second kappa shape index (κ2) is 4.80. The number of anilines is 1. The van der Waals surface area contributed by atoms with E-state index in [2.05, 4.69) is 62.4 Å². The summed E-state index contributed by atoms with van der Waals surface area (Å²) in [5, 5.41) is 10.2. The first kappa shape index (κ1) is 13.1. The number of likely N-dealkylation sites (N-methyl/N-ethyl adjacent to an activating group) is 1. The van der Waals surface area contributed by atoms with Crippen molar-refractivity contribution in [1.82, 2.24) is 20.1 Å². The number of benzene rings is 1. The Bertz CT molecular complexity index is 853. The smallest absolute Gasteiger partial charge is 0.151 e. The standard InChI is InChI=1S/C18H19N5/c1-22-9-12-10-23(11-17(12)22)18-7-6-16(20-21-18)14-8-19-15-5-3-2-4-13(14)15/h2-8,12,17,19H,9-11H2,1H3/t12-,17+/m1/s1. The zero-order valence-electron chi connectivity index (χ0n) is 13.1. The summed E-state index contributed by atoms with van der Waals surface area (Å²) in [4.78, 5) is 8.09. The van der Waals surface area contributed by atoms with Gasteiger partial charge in [0.25, 0.3) is 0 Å². The predicted molar refractivity (Wildman–Crippen MR) is 91.4 cm³/mol. The zero-order valence-corrected chi connectivity index (χ0v) is 13.1. The van der Waals surface area contributed by atoms with Crippen LogP contribution in [-0.2, 0) is 0 Å². The molecule has 0 unspecified atom stereocenters. The number of nitrogens with one attached hydrogen (secondary N) is 1. The molecule has 116 valence electrons. The van der Waals surface area contributed by atoms with Crippen molar-refractivity contribution in [2.45, 2.75) is 6.04 Å². The second-order valence-corrected chi connectivity index (χ2v) is 6.70. The third kappa shape index (κ3) is 1.96. The van der Waals surface area contributed by atoms with Gasteiger partial charge in [-0.15, -0.1) is 10.2 Å². The number of rotatable bonds is 2. The van der Waals surface area contributed by atoms with Gasteiger partial charge < -0.3 is 14.8 Å². The quantitative estimate of drug-likeness (QED) is 0.790. The normalized spacial score (nSPS) is 24.0. The van der Waals surface area contributed by atoms with E-state index >= 15 is 0 Å². The van der Waals surface area contributed by atoms with E-state index in [0.717, 1.165) is 41.6 Å². The Kier molecular flexibility index (Phi) is 2.73. The molecule has 1 N–H and O–H groups in total. The number of hydrogen-bond acceptors (Lipinski definition) is 4. The number of H-pyrrole nitrogens is 1. The molecule has 23 heavy (non-hydrogen) atoms. The third-order valence-corrected chi connectivity index (χ3v) is 5.33. The van der Waals surface area contributed by atoms with E-state index in [9.17, 15) is 0 Å². The highest BCUT2D eigenvalue weighted by Crippen LogP contribution is 2.33. The van der Waals surface area contributed by atoms with Gasteiger partial charge in [-0.3, -0.25) is 0 Å². The molecule has 0 aliphatic carbocycles. The van der Waals surface area contributed by atoms with Crippen molar-refractivity contribution in [3.63, 3.8) is 0 Å². The molecule has 0 saturated carbocycles. The first-order valence-electron chi connectivity index (χ1n) is 8.15. The number of hydrogen-bond donors (Lipinski definition) is 1. The molecular formula is C18H19N5. The molecule has 0 spiro atoms. The molecule has 0 amide bonds. The van der Waals surface area contributed by atoms with Crippen LogP contribution in [0.5, 0.6) is 0 Å². The lowest BCUT2D eigenvalue weighted by Crippen LogP contribution is -2.52. The van der Waals surface area contributed by atoms with Crippen LogP contribution < -0.4 is 4.90 Å². The lowest BCUT2D eigenvalue weighted by molar-refractivity contribution is 0.0827. The van der Waals surface area contributed by atoms with E-state index in [1.54, 1.807) is 0 Å². The van der Waals surface area contributed by atoms with E-state index in [4.69, 9.17) is 0 Å². The molecule has 0 radical (unpaired) electrons. The van der Waals surface area contributed by atoms with Crippen molar-refractivity contribution in [2.24, 2.45) is 5.92 Å². The summed E-state index contributed by atoms with van der Waals surface area (Å²) in [7, 11) is 2.20.